The fourth-order valence-electron chi connectivity index (χ4n) is 2.70. The normalized spacial score (nSPS) is 35.8. The van der Waals surface area contributed by atoms with Gasteiger partial charge in [0.05, 0.1) is 6.10 Å². The van der Waals surface area contributed by atoms with Crippen LogP contribution in [0.1, 0.15) is 47.0 Å². The van der Waals surface area contributed by atoms with Gasteiger partial charge in [0.1, 0.15) is 0 Å². The van der Waals surface area contributed by atoms with Gasteiger partial charge in [-0.25, -0.2) is 0 Å². The van der Waals surface area contributed by atoms with E-state index in [2.05, 4.69) is 27.7 Å². The second-order valence-corrected chi connectivity index (χ2v) is 5.24. The van der Waals surface area contributed by atoms with E-state index in [1.54, 1.807) is 0 Å². The van der Waals surface area contributed by atoms with Crippen molar-refractivity contribution in [1.82, 2.24) is 0 Å². The van der Waals surface area contributed by atoms with Crippen LogP contribution in [0, 0.1) is 23.7 Å². The molecule has 0 spiro atoms. The first kappa shape index (κ1) is 11.0. The summed E-state index contributed by atoms with van der Waals surface area (Å²) in [5.41, 5.74) is 0. The van der Waals surface area contributed by atoms with E-state index >= 15 is 0 Å². The molecule has 1 aliphatic carbocycles. The molecule has 0 aromatic heterocycles. The minimum absolute atomic E-state index is 0.0475. The Kier molecular flexibility index (Phi) is 3.78. The summed E-state index contributed by atoms with van der Waals surface area (Å²) in [6.45, 7) is 8.93. The molecule has 1 N–H and O–H groups in total. The third-order valence-corrected chi connectivity index (χ3v) is 3.66. The molecule has 1 aliphatic rings. The number of hydrogen-bond acceptors (Lipinski definition) is 1. The SMILES string of the molecule is CC(C)C1CCCC(C(C)C)C1O. The van der Waals surface area contributed by atoms with E-state index in [4.69, 9.17) is 0 Å². The molecule has 0 amide bonds. The van der Waals surface area contributed by atoms with Crippen LogP contribution in [-0.4, -0.2) is 11.2 Å². The van der Waals surface area contributed by atoms with Gasteiger partial charge in [-0.2, -0.15) is 0 Å². The summed E-state index contributed by atoms with van der Waals surface area (Å²) in [5.74, 6) is 2.36. The lowest BCUT2D eigenvalue weighted by Crippen LogP contribution is -2.38. The first-order valence-electron chi connectivity index (χ1n) is 5.72. The van der Waals surface area contributed by atoms with Crippen molar-refractivity contribution < 1.29 is 5.11 Å². The van der Waals surface area contributed by atoms with Crippen molar-refractivity contribution in [1.29, 1.82) is 0 Å². The molecule has 0 aromatic rings. The van der Waals surface area contributed by atoms with Crippen molar-refractivity contribution >= 4 is 0 Å². The lowest BCUT2D eigenvalue weighted by molar-refractivity contribution is -0.0199. The lowest BCUT2D eigenvalue weighted by atomic mass is 9.70. The Morgan fingerprint density at radius 1 is 0.923 bits per heavy atom. The molecule has 78 valence electrons. The zero-order chi connectivity index (χ0) is 10.0. The fraction of sp³-hybridized carbons (Fsp3) is 1.00. The zero-order valence-electron chi connectivity index (χ0n) is 9.46. The van der Waals surface area contributed by atoms with Crippen molar-refractivity contribution in [2.24, 2.45) is 23.7 Å². The molecular formula is C12H24O. The van der Waals surface area contributed by atoms with Gasteiger partial charge in [-0.15, -0.1) is 0 Å². The van der Waals surface area contributed by atoms with E-state index in [1.165, 1.54) is 19.3 Å². The number of rotatable bonds is 2. The average molecular weight is 184 g/mol. The Morgan fingerprint density at radius 2 is 1.31 bits per heavy atom. The molecule has 0 aliphatic heterocycles. The van der Waals surface area contributed by atoms with Crippen LogP contribution in [0.4, 0.5) is 0 Å². The fourth-order valence-corrected chi connectivity index (χ4v) is 2.70. The molecule has 1 rings (SSSR count). The van der Waals surface area contributed by atoms with Gasteiger partial charge >= 0.3 is 0 Å². The van der Waals surface area contributed by atoms with Crippen molar-refractivity contribution in [3.05, 3.63) is 0 Å². The summed E-state index contributed by atoms with van der Waals surface area (Å²) in [5, 5.41) is 10.2. The summed E-state index contributed by atoms with van der Waals surface area (Å²) in [4.78, 5) is 0. The minimum atomic E-state index is -0.0475. The molecule has 1 saturated carbocycles. The highest BCUT2D eigenvalue weighted by molar-refractivity contribution is 4.84. The predicted octanol–water partition coefficient (Wildman–Crippen LogP) is 3.08. The van der Waals surface area contributed by atoms with Gasteiger partial charge in [0.25, 0.3) is 0 Å². The largest absolute Gasteiger partial charge is 0.393 e. The first-order valence-corrected chi connectivity index (χ1v) is 5.72. The highest BCUT2D eigenvalue weighted by atomic mass is 16.3. The smallest absolute Gasteiger partial charge is 0.0601 e. The van der Waals surface area contributed by atoms with Crippen LogP contribution in [0.3, 0.4) is 0 Å². The van der Waals surface area contributed by atoms with Gasteiger partial charge < -0.3 is 5.11 Å². The number of aliphatic hydroxyl groups is 1. The molecule has 1 fully saturated rings. The second kappa shape index (κ2) is 4.45. The van der Waals surface area contributed by atoms with Gasteiger partial charge in [0, 0.05) is 0 Å². The van der Waals surface area contributed by atoms with Gasteiger partial charge in [-0.3, -0.25) is 0 Å². The van der Waals surface area contributed by atoms with Crippen LogP contribution in [-0.2, 0) is 0 Å². The monoisotopic (exact) mass is 184 g/mol. The topological polar surface area (TPSA) is 20.2 Å². The molecule has 0 radical (unpaired) electrons. The summed E-state index contributed by atoms with van der Waals surface area (Å²) in [6.07, 6.45) is 3.71. The van der Waals surface area contributed by atoms with E-state index in [0.717, 1.165) is 0 Å². The van der Waals surface area contributed by atoms with Crippen LogP contribution in [0.15, 0.2) is 0 Å². The maximum Gasteiger partial charge on any atom is 0.0601 e. The second-order valence-electron chi connectivity index (χ2n) is 5.24. The summed E-state index contributed by atoms with van der Waals surface area (Å²) in [6, 6.07) is 0. The average Bonchev–Trinajstić information content (AvgIpc) is 2.03. The van der Waals surface area contributed by atoms with Crippen molar-refractivity contribution in [3.8, 4) is 0 Å². The Balaban J connectivity index is 2.60. The molecule has 13 heavy (non-hydrogen) atoms. The molecular weight excluding hydrogens is 160 g/mol. The van der Waals surface area contributed by atoms with Crippen molar-refractivity contribution in [2.75, 3.05) is 0 Å². The maximum absolute atomic E-state index is 10.2. The molecule has 0 bridgehead atoms. The van der Waals surface area contributed by atoms with E-state index in [-0.39, 0.29) is 6.10 Å². The van der Waals surface area contributed by atoms with Crippen LogP contribution in [0.5, 0.6) is 0 Å². The van der Waals surface area contributed by atoms with Crippen molar-refractivity contribution in [3.63, 3.8) is 0 Å². The summed E-state index contributed by atoms with van der Waals surface area (Å²) < 4.78 is 0. The predicted molar refractivity (Wildman–Crippen MR) is 56.5 cm³/mol. The van der Waals surface area contributed by atoms with Crippen LogP contribution < -0.4 is 0 Å². The molecule has 0 heterocycles. The molecule has 1 nitrogen and oxygen atoms in total. The van der Waals surface area contributed by atoms with Crippen LogP contribution >= 0.6 is 0 Å². The van der Waals surface area contributed by atoms with Gasteiger partial charge in [-0.05, 0) is 36.5 Å². The van der Waals surface area contributed by atoms with Gasteiger partial charge in [0.15, 0.2) is 0 Å². The van der Waals surface area contributed by atoms with E-state index < -0.39 is 0 Å². The Morgan fingerprint density at radius 3 is 1.62 bits per heavy atom. The highest BCUT2D eigenvalue weighted by Crippen LogP contribution is 2.37. The summed E-state index contributed by atoms with van der Waals surface area (Å²) in [7, 11) is 0. The van der Waals surface area contributed by atoms with Gasteiger partial charge in [-0.1, -0.05) is 34.1 Å². The Bertz CT molecular complexity index is 135. The highest BCUT2D eigenvalue weighted by Gasteiger charge is 2.34. The standard InChI is InChI=1S/C12H24O/c1-8(2)10-6-5-7-11(9(3)4)12(10)13/h8-13H,5-7H2,1-4H3. The Labute approximate surface area is 82.5 Å². The third kappa shape index (κ3) is 2.46. The summed E-state index contributed by atoms with van der Waals surface area (Å²) >= 11 is 0. The van der Waals surface area contributed by atoms with E-state index in [9.17, 15) is 5.11 Å². The number of hydrogen-bond donors (Lipinski definition) is 1. The molecule has 0 aromatic carbocycles. The third-order valence-electron chi connectivity index (χ3n) is 3.66. The molecule has 0 saturated heterocycles. The minimum Gasteiger partial charge on any atom is -0.393 e. The first-order chi connectivity index (χ1) is 6.04. The quantitative estimate of drug-likeness (QED) is 0.699. The van der Waals surface area contributed by atoms with Gasteiger partial charge in [0.2, 0.25) is 0 Å². The van der Waals surface area contributed by atoms with Crippen molar-refractivity contribution in [2.45, 2.75) is 53.1 Å². The van der Waals surface area contributed by atoms with E-state index in [0.29, 0.717) is 23.7 Å². The molecule has 1 heteroatoms. The molecule has 2 unspecified atom stereocenters. The van der Waals surface area contributed by atoms with Crippen LogP contribution in [0.25, 0.3) is 0 Å². The van der Waals surface area contributed by atoms with Crippen LogP contribution in [0.2, 0.25) is 0 Å². The van der Waals surface area contributed by atoms with E-state index in [1.807, 2.05) is 0 Å². The maximum atomic E-state index is 10.2. The molecule has 2 atom stereocenters. The number of aliphatic hydroxyl groups excluding tert-OH is 1. The Hall–Kier alpha value is -0.0400. The lowest BCUT2D eigenvalue weighted by Gasteiger charge is -2.39. The zero-order valence-corrected chi connectivity index (χ0v) is 9.46.